The lowest BCUT2D eigenvalue weighted by atomic mass is 10.1. The number of pyridine rings is 1. The summed E-state index contributed by atoms with van der Waals surface area (Å²) >= 11 is 0. The second kappa shape index (κ2) is 4.96. The van der Waals surface area contributed by atoms with Gasteiger partial charge in [-0.25, -0.2) is 0 Å². The summed E-state index contributed by atoms with van der Waals surface area (Å²) in [6.45, 7) is 3.78. The van der Waals surface area contributed by atoms with Gasteiger partial charge in [-0.15, -0.1) is 0 Å². The number of hydrogen-bond donors (Lipinski definition) is 3. The highest BCUT2D eigenvalue weighted by Crippen LogP contribution is 2.34. The van der Waals surface area contributed by atoms with Gasteiger partial charge in [0, 0.05) is 6.20 Å². The Balaban J connectivity index is 2.28. The van der Waals surface area contributed by atoms with Gasteiger partial charge in [-0.1, -0.05) is 6.07 Å². The highest BCUT2D eigenvalue weighted by molar-refractivity contribution is 5.53. The van der Waals surface area contributed by atoms with Gasteiger partial charge in [-0.05, 0) is 38.1 Å². The van der Waals surface area contributed by atoms with E-state index < -0.39 is 0 Å². The van der Waals surface area contributed by atoms with Gasteiger partial charge in [0.2, 0.25) is 0 Å². The fourth-order valence-corrected chi connectivity index (χ4v) is 1.93. The molecule has 1 unspecified atom stereocenters. The van der Waals surface area contributed by atoms with Crippen molar-refractivity contribution in [3.05, 3.63) is 47.8 Å². The van der Waals surface area contributed by atoms with Crippen LogP contribution in [-0.2, 0) is 0 Å². The van der Waals surface area contributed by atoms with E-state index in [9.17, 15) is 10.2 Å². The Hall–Kier alpha value is -2.23. The summed E-state index contributed by atoms with van der Waals surface area (Å²) in [5, 5.41) is 22.8. The first-order chi connectivity index (χ1) is 8.59. The van der Waals surface area contributed by atoms with Gasteiger partial charge < -0.3 is 15.5 Å². The first-order valence-electron chi connectivity index (χ1n) is 5.78. The van der Waals surface area contributed by atoms with Crippen LogP contribution in [0.3, 0.4) is 0 Å². The van der Waals surface area contributed by atoms with E-state index in [1.807, 2.05) is 26.0 Å². The van der Waals surface area contributed by atoms with Crippen LogP contribution in [0.5, 0.6) is 11.5 Å². The Labute approximate surface area is 106 Å². The van der Waals surface area contributed by atoms with Crippen molar-refractivity contribution < 1.29 is 10.2 Å². The summed E-state index contributed by atoms with van der Waals surface area (Å²) in [4.78, 5) is 4.18. The molecule has 18 heavy (non-hydrogen) atoms. The second-order valence-corrected chi connectivity index (χ2v) is 4.21. The smallest absolute Gasteiger partial charge is 0.124 e. The lowest BCUT2D eigenvalue weighted by Crippen LogP contribution is -2.08. The van der Waals surface area contributed by atoms with E-state index in [1.54, 1.807) is 24.4 Å². The highest BCUT2D eigenvalue weighted by Gasteiger charge is 2.15. The maximum absolute atomic E-state index is 9.79. The molecule has 1 aromatic heterocycles. The quantitative estimate of drug-likeness (QED) is 0.776. The third-order valence-electron chi connectivity index (χ3n) is 2.87. The molecule has 0 aliphatic carbocycles. The van der Waals surface area contributed by atoms with Crippen molar-refractivity contribution >= 4 is 5.69 Å². The fraction of sp³-hybridized carbons (Fsp3) is 0.214. The normalized spacial score (nSPS) is 12.1. The number of benzene rings is 1. The molecular weight excluding hydrogens is 228 g/mol. The molecule has 0 saturated carbocycles. The maximum atomic E-state index is 9.79. The van der Waals surface area contributed by atoms with Gasteiger partial charge in [0.05, 0.1) is 23.0 Å². The van der Waals surface area contributed by atoms with Gasteiger partial charge in [0.15, 0.2) is 0 Å². The van der Waals surface area contributed by atoms with E-state index in [1.165, 1.54) is 0 Å². The van der Waals surface area contributed by atoms with Gasteiger partial charge in [0.1, 0.15) is 11.5 Å². The summed E-state index contributed by atoms with van der Waals surface area (Å²) in [6.07, 6.45) is 1.72. The molecule has 1 aromatic carbocycles. The first-order valence-corrected chi connectivity index (χ1v) is 5.78. The molecular formula is C14H16N2O2. The minimum Gasteiger partial charge on any atom is -0.507 e. The monoisotopic (exact) mass is 244 g/mol. The molecule has 2 rings (SSSR count). The molecule has 0 bridgehead atoms. The van der Waals surface area contributed by atoms with E-state index >= 15 is 0 Å². The van der Waals surface area contributed by atoms with Crippen LogP contribution in [-0.4, -0.2) is 15.2 Å². The molecule has 0 aliphatic heterocycles. The van der Waals surface area contributed by atoms with E-state index in [4.69, 9.17) is 0 Å². The Bertz CT molecular complexity index is 535. The standard InChI is InChI=1S/C14H16N2O2/c1-9-11(5-4-8-15-9)16-10(2)14-12(17)6-3-7-13(14)18/h3-8,10,16-18H,1-2H3. The molecule has 3 N–H and O–H groups in total. The predicted octanol–water partition coefficient (Wildman–Crippen LogP) is 2.97. The van der Waals surface area contributed by atoms with E-state index in [0.29, 0.717) is 5.56 Å². The fourth-order valence-electron chi connectivity index (χ4n) is 1.93. The number of nitrogens with zero attached hydrogens (tertiary/aromatic N) is 1. The Morgan fingerprint density at radius 1 is 1.11 bits per heavy atom. The summed E-state index contributed by atoms with van der Waals surface area (Å²) in [5.74, 6) is 0.160. The number of aromatic nitrogens is 1. The van der Waals surface area contributed by atoms with Crippen molar-refractivity contribution in [1.82, 2.24) is 4.98 Å². The maximum Gasteiger partial charge on any atom is 0.124 e. The summed E-state index contributed by atoms with van der Waals surface area (Å²) < 4.78 is 0. The summed E-state index contributed by atoms with van der Waals surface area (Å²) in [6, 6.07) is 8.26. The molecule has 4 nitrogen and oxygen atoms in total. The Morgan fingerprint density at radius 2 is 1.78 bits per heavy atom. The number of nitrogens with one attached hydrogen (secondary N) is 1. The number of aryl methyl sites for hydroxylation is 1. The van der Waals surface area contributed by atoms with Crippen LogP contribution in [0.15, 0.2) is 36.5 Å². The third-order valence-corrected chi connectivity index (χ3v) is 2.87. The van der Waals surface area contributed by atoms with Crippen molar-refractivity contribution in [2.45, 2.75) is 19.9 Å². The van der Waals surface area contributed by atoms with E-state index in [0.717, 1.165) is 11.4 Å². The molecule has 0 radical (unpaired) electrons. The number of phenolic OH excluding ortho intramolecular Hbond substituents is 2. The zero-order chi connectivity index (χ0) is 13.1. The summed E-state index contributed by atoms with van der Waals surface area (Å²) in [5.41, 5.74) is 2.24. The Morgan fingerprint density at radius 3 is 2.39 bits per heavy atom. The summed E-state index contributed by atoms with van der Waals surface area (Å²) in [7, 11) is 0. The molecule has 1 heterocycles. The van der Waals surface area contributed by atoms with Crippen molar-refractivity contribution in [2.24, 2.45) is 0 Å². The lowest BCUT2D eigenvalue weighted by Gasteiger charge is -2.18. The molecule has 0 saturated heterocycles. The number of anilines is 1. The highest BCUT2D eigenvalue weighted by atomic mass is 16.3. The van der Waals surface area contributed by atoms with Crippen molar-refractivity contribution in [3.63, 3.8) is 0 Å². The Kier molecular flexibility index (Phi) is 3.37. The SMILES string of the molecule is Cc1ncccc1NC(C)c1c(O)cccc1O. The van der Waals surface area contributed by atoms with E-state index in [2.05, 4.69) is 10.3 Å². The van der Waals surface area contributed by atoms with Gasteiger partial charge in [-0.2, -0.15) is 0 Å². The molecule has 2 aromatic rings. The van der Waals surface area contributed by atoms with Gasteiger partial charge in [0.25, 0.3) is 0 Å². The van der Waals surface area contributed by atoms with Crippen LogP contribution in [0.25, 0.3) is 0 Å². The zero-order valence-corrected chi connectivity index (χ0v) is 10.4. The van der Waals surface area contributed by atoms with Crippen molar-refractivity contribution in [1.29, 1.82) is 0 Å². The molecule has 0 aliphatic rings. The van der Waals surface area contributed by atoms with Crippen LogP contribution in [0.4, 0.5) is 5.69 Å². The van der Waals surface area contributed by atoms with Crippen molar-refractivity contribution in [3.8, 4) is 11.5 Å². The molecule has 0 spiro atoms. The molecule has 0 fully saturated rings. The van der Waals surface area contributed by atoms with Crippen LogP contribution in [0, 0.1) is 6.92 Å². The second-order valence-electron chi connectivity index (χ2n) is 4.21. The number of rotatable bonds is 3. The number of aromatic hydroxyl groups is 2. The number of hydrogen-bond acceptors (Lipinski definition) is 4. The minimum absolute atomic E-state index is 0.0801. The first kappa shape index (κ1) is 12.2. The van der Waals surface area contributed by atoms with Gasteiger partial charge >= 0.3 is 0 Å². The van der Waals surface area contributed by atoms with Crippen LogP contribution in [0.2, 0.25) is 0 Å². The largest absolute Gasteiger partial charge is 0.507 e. The van der Waals surface area contributed by atoms with Crippen LogP contribution >= 0.6 is 0 Å². The average Bonchev–Trinajstić information content (AvgIpc) is 2.32. The third kappa shape index (κ3) is 2.37. The molecule has 1 atom stereocenters. The zero-order valence-electron chi connectivity index (χ0n) is 10.4. The van der Waals surface area contributed by atoms with Crippen LogP contribution in [0.1, 0.15) is 24.2 Å². The molecule has 0 amide bonds. The van der Waals surface area contributed by atoms with Gasteiger partial charge in [-0.3, -0.25) is 4.98 Å². The van der Waals surface area contributed by atoms with E-state index in [-0.39, 0.29) is 17.5 Å². The average molecular weight is 244 g/mol. The lowest BCUT2D eigenvalue weighted by molar-refractivity contribution is 0.434. The number of phenols is 2. The molecule has 94 valence electrons. The topological polar surface area (TPSA) is 65.4 Å². The predicted molar refractivity (Wildman–Crippen MR) is 70.8 cm³/mol. The van der Waals surface area contributed by atoms with Crippen molar-refractivity contribution in [2.75, 3.05) is 5.32 Å². The van der Waals surface area contributed by atoms with Crippen LogP contribution < -0.4 is 5.32 Å². The molecule has 4 heteroatoms. The minimum atomic E-state index is -0.214.